The van der Waals surface area contributed by atoms with Crippen LogP contribution < -0.4 is 4.90 Å². The Balaban J connectivity index is 1.29. The Kier molecular flexibility index (Phi) is 5.65. The summed E-state index contributed by atoms with van der Waals surface area (Å²) < 4.78 is 4.82. The first-order chi connectivity index (χ1) is 21.9. The van der Waals surface area contributed by atoms with Crippen LogP contribution in [0.25, 0.3) is 44.9 Å². The van der Waals surface area contributed by atoms with Gasteiger partial charge in [-0.1, -0.05) is 66.7 Å². The fourth-order valence-corrected chi connectivity index (χ4v) is 5.76. The van der Waals surface area contributed by atoms with Crippen LogP contribution in [0.4, 0.5) is 5.69 Å². The van der Waals surface area contributed by atoms with Crippen LogP contribution in [-0.4, -0.2) is 43.8 Å². The van der Waals surface area contributed by atoms with E-state index in [0.717, 1.165) is 16.0 Å². The van der Waals surface area contributed by atoms with Crippen LogP contribution >= 0.6 is 0 Å². The van der Waals surface area contributed by atoms with Crippen LogP contribution in [0.2, 0.25) is 0 Å². The Bertz CT molecular complexity index is 2160. The maximum Gasteiger partial charge on any atom is 0.346 e. The highest BCUT2D eigenvalue weighted by molar-refractivity contribution is 6.38. The standard InChI is InChI=1S/C35H18N4O6/c40-28-24(31-37-29(18-8-3-1-4-9-18)36-30(38-31)19-10-5-2-6-11-19)12-7-13-25(28)39-32(41)20-14-16-22-27-23(35(44)45-34(22)43)17-15-21(26(20)27)33(39)42/h1-17,40H. The maximum atomic E-state index is 13.9. The molecule has 0 fully saturated rings. The van der Waals surface area contributed by atoms with Crippen LogP contribution in [0.5, 0.6) is 5.75 Å². The number of para-hydroxylation sites is 1. The molecule has 0 saturated carbocycles. The number of rotatable bonds is 4. The van der Waals surface area contributed by atoms with Crippen molar-refractivity contribution in [2.45, 2.75) is 0 Å². The topological polar surface area (TPSA) is 140 Å². The van der Waals surface area contributed by atoms with Crippen molar-refractivity contribution >= 4 is 40.2 Å². The van der Waals surface area contributed by atoms with E-state index in [0.29, 0.717) is 11.6 Å². The lowest BCUT2D eigenvalue weighted by molar-refractivity contribution is 0.0390. The fourth-order valence-electron chi connectivity index (χ4n) is 5.76. The van der Waals surface area contributed by atoms with Gasteiger partial charge in [-0.25, -0.2) is 29.4 Å². The number of benzene rings is 5. The second-order valence-corrected chi connectivity index (χ2v) is 10.4. The molecule has 0 saturated heterocycles. The molecule has 0 atom stereocenters. The Labute approximate surface area is 254 Å². The summed E-state index contributed by atoms with van der Waals surface area (Å²) in [5, 5.41) is 12.0. The van der Waals surface area contributed by atoms with Crippen LogP contribution in [0.15, 0.2) is 103 Å². The number of aromatic nitrogens is 3. The molecule has 0 radical (unpaired) electrons. The number of cyclic esters (lactones) is 2. The normalized spacial score (nSPS) is 13.7. The van der Waals surface area contributed by atoms with E-state index in [1.807, 2.05) is 60.7 Å². The van der Waals surface area contributed by atoms with Crippen molar-refractivity contribution in [3.05, 3.63) is 125 Å². The average molecular weight is 591 g/mol. The molecule has 214 valence electrons. The molecule has 2 aliphatic heterocycles. The summed E-state index contributed by atoms with van der Waals surface area (Å²) in [6.07, 6.45) is 0. The molecule has 0 aliphatic carbocycles. The number of phenolic OH excluding ortho intramolecular Hbond substituents is 1. The van der Waals surface area contributed by atoms with Gasteiger partial charge in [-0.15, -0.1) is 0 Å². The summed E-state index contributed by atoms with van der Waals surface area (Å²) in [7, 11) is 0. The molecule has 1 aromatic heterocycles. The van der Waals surface area contributed by atoms with Gasteiger partial charge < -0.3 is 9.84 Å². The lowest BCUT2D eigenvalue weighted by Gasteiger charge is -2.29. The molecule has 45 heavy (non-hydrogen) atoms. The highest BCUT2D eigenvalue weighted by Gasteiger charge is 2.39. The van der Waals surface area contributed by atoms with Crippen molar-refractivity contribution < 1.29 is 29.0 Å². The van der Waals surface area contributed by atoms with E-state index in [-0.39, 0.29) is 50.1 Å². The molecule has 2 amide bonds. The number of ether oxygens (including phenoxy) is 1. The molecule has 0 unspecified atom stereocenters. The van der Waals surface area contributed by atoms with E-state index in [4.69, 9.17) is 4.74 Å². The van der Waals surface area contributed by atoms with Gasteiger partial charge in [0.1, 0.15) is 0 Å². The summed E-state index contributed by atoms with van der Waals surface area (Å²) in [4.78, 5) is 67.6. The lowest BCUT2D eigenvalue weighted by Crippen LogP contribution is -2.41. The van der Waals surface area contributed by atoms with E-state index >= 15 is 0 Å². The number of anilines is 1. The van der Waals surface area contributed by atoms with E-state index in [1.54, 1.807) is 12.1 Å². The number of carbonyl (C=O) groups excluding carboxylic acids is 4. The van der Waals surface area contributed by atoms with Gasteiger partial charge in [-0.2, -0.15) is 0 Å². The molecule has 8 rings (SSSR count). The predicted octanol–water partition coefficient (Wildman–Crippen LogP) is 5.84. The minimum atomic E-state index is -0.856. The number of amides is 2. The predicted molar refractivity (Wildman–Crippen MR) is 163 cm³/mol. The van der Waals surface area contributed by atoms with Gasteiger partial charge in [0.15, 0.2) is 23.2 Å². The molecule has 10 heteroatoms. The quantitative estimate of drug-likeness (QED) is 0.152. The monoisotopic (exact) mass is 590 g/mol. The second kappa shape index (κ2) is 9.75. The Morgan fingerprint density at radius 3 is 1.49 bits per heavy atom. The highest BCUT2D eigenvalue weighted by atomic mass is 16.6. The van der Waals surface area contributed by atoms with Gasteiger partial charge in [-0.05, 0) is 36.4 Å². The van der Waals surface area contributed by atoms with Crippen molar-refractivity contribution in [3.63, 3.8) is 0 Å². The van der Waals surface area contributed by atoms with Crippen molar-refractivity contribution in [2.75, 3.05) is 4.90 Å². The number of hydrogen-bond donors (Lipinski definition) is 1. The number of aromatic hydroxyl groups is 1. The Morgan fingerprint density at radius 1 is 0.489 bits per heavy atom. The number of carbonyl (C=O) groups is 4. The zero-order valence-corrected chi connectivity index (χ0v) is 23.1. The van der Waals surface area contributed by atoms with Gasteiger partial charge in [0, 0.05) is 33.0 Å². The van der Waals surface area contributed by atoms with E-state index < -0.39 is 29.5 Å². The van der Waals surface area contributed by atoms with Crippen LogP contribution in [0.3, 0.4) is 0 Å². The van der Waals surface area contributed by atoms with Crippen molar-refractivity contribution in [3.8, 4) is 39.9 Å². The summed E-state index contributed by atoms with van der Waals surface area (Å²) in [5.41, 5.74) is 1.91. The van der Waals surface area contributed by atoms with Crippen molar-refractivity contribution in [2.24, 2.45) is 0 Å². The molecule has 6 aromatic rings. The summed E-state index contributed by atoms with van der Waals surface area (Å²) in [5.74, 6) is -2.70. The van der Waals surface area contributed by atoms with Crippen molar-refractivity contribution in [1.82, 2.24) is 15.0 Å². The summed E-state index contributed by atoms with van der Waals surface area (Å²) >= 11 is 0. The van der Waals surface area contributed by atoms with Gasteiger partial charge in [0.25, 0.3) is 11.8 Å². The van der Waals surface area contributed by atoms with Gasteiger partial charge >= 0.3 is 11.9 Å². The molecular weight excluding hydrogens is 572 g/mol. The molecule has 1 N–H and O–H groups in total. The fraction of sp³-hybridized carbons (Fsp3) is 0. The molecule has 0 spiro atoms. The third-order valence-corrected chi connectivity index (χ3v) is 7.85. The number of nitrogens with zero attached hydrogens (tertiary/aromatic N) is 4. The van der Waals surface area contributed by atoms with Gasteiger partial charge in [-0.3, -0.25) is 9.59 Å². The molecule has 2 aliphatic rings. The zero-order valence-electron chi connectivity index (χ0n) is 23.1. The summed E-state index contributed by atoms with van der Waals surface area (Å²) in [6.45, 7) is 0. The Hall–Kier alpha value is -6.55. The molecule has 0 bridgehead atoms. The molecule has 5 aromatic carbocycles. The second-order valence-electron chi connectivity index (χ2n) is 10.4. The average Bonchev–Trinajstić information content (AvgIpc) is 3.07. The van der Waals surface area contributed by atoms with Gasteiger partial charge in [0.2, 0.25) is 0 Å². The number of esters is 2. The van der Waals surface area contributed by atoms with Crippen LogP contribution in [0, 0.1) is 0 Å². The number of hydrogen-bond acceptors (Lipinski definition) is 9. The molecule has 3 heterocycles. The van der Waals surface area contributed by atoms with E-state index in [2.05, 4.69) is 15.0 Å². The highest BCUT2D eigenvalue weighted by Crippen LogP contribution is 2.43. The van der Waals surface area contributed by atoms with Crippen LogP contribution in [0.1, 0.15) is 41.4 Å². The minimum absolute atomic E-state index is 0.0834. The SMILES string of the molecule is O=C1OC(=O)c2ccc3c4c(ccc1c24)C(=O)N(c1cccc(-c2nc(-c4ccccc4)nc(-c4ccccc4)n2)c1O)C3=O. The third-order valence-electron chi connectivity index (χ3n) is 7.85. The molecule has 10 nitrogen and oxygen atoms in total. The first kappa shape index (κ1) is 26.1. The lowest BCUT2D eigenvalue weighted by atomic mass is 9.87. The van der Waals surface area contributed by atoms with Crippen molar-refractivity contribution in [1.29, 1.82) is 0 Å². The van der Waals surface area contributed by atoms with E-state index in [1.165, 1.54) is 30.3 Å². The van der Waals surface area contributed by atoms with E-state index in [9.17, 15) is 24.3 Å². The number of imide groups is 1. The first-order valence-corrected chi connectivity index (χ1v) is 13.8. The van der Waals surface area contributed by atoms with Crippen LogP contribution in [-0.2, 0) is 4.74 Å². The maximum absolute atomic E-state index is 13.9. The minimum Gasteiger partial charge on any atom is -0.505 e. The third kappa shape index (κ3) is 3.93. The largest absolute Gasteiger partial charge is 0.505 e. The zero-order chi connectivity index (χ0) is 30.8. The smallest absolute Gasteiger partial charge is 0.346 e. The first-order valence-electron chi connectivity index (χ1n) is 13.8. The Morgan fingerprint density at radius 2 is 0.956 bits per heavy atom. The summed E-state index contributed by atoms with van der Waals surface area (Å²) in [6, 6.07) is 28.9. The van der Waals surface area contributed by atoms with Gasteiger partial charge in [0.05, 0.1) is 22.4 Å². The number of phenols is 1. The molecular formula is C35H18N4O6.